The summed E-state index contributed by atoms with van der Waals surface area (Å²) in [5, 5.41) is 3.61. The molecule has 2 aliphatic rings. The van der Waals surface area contributed by atoms with Gasteiger partial charge in [-0.1, -0.05) is 0 Å². The van der Waals surface area contributed by atoms with Crippen LogP contribution in [0.5, 0.6) is 0 Å². The van der Waals surface area contributed by atoms with Gasteiger partial charge in [0, 0.05) is 36.0 Å². The highest BCUT2D eigenvalue weighted by Gasteiger charge is 2.33. The molecule has 0 aromatic carbocycles. The lowest BCUT2D eigenvalue weighted by Gasteiger charge is -2.36. The number of rotatable bonds is 1. The van der Waals surface area contributed by atoms with Gasteiger partial charge in [0.15, 0.2) is 0 Å². The Labute approximate surface area is 126 Å². The third-order valence-corrected chi connectivity index (χ3v) is 4.95. The van der Waals surface area contributed by atoms with E-state index in [9.17, 15) is 0 Å². The Kier molecular flexibility index (Phi) is 3.11. The zero-order valence-corrected chi connectivity index (χ0v) is 12.8. The minimum atomic E-state index is 0.724. The van der Waals surface area contributed by atoms with E-state index >= 15 is 0 Å². The quantitative estimate of drug-likeness (QED) is 0.871. The standard InChI is InChI=1S/C15H17BrN4/c16-11-7-13-15(19-8-11)14(2-5-18-13)20-6-3-12-10(9-20)1-4-17-12/h2,5,7-8,10,12,17H,1,3-4,6,9H2. The highest BCUT2D eigenvalue weighted by Crippen LogP contribution is 2.31. The van der Waals surface area contributed by atoms with Crippen molar-refractivity contribution in [2.75, 3.05) is 24.5 Å². The molecule has 2 aliphatic heterocycles. The molecule has 20 heavy (non-hydrogen) atoms. The molecule has 4 nitrogen and oxygen atoms in total. The zero-order chi connectivity index (χ0) is 13.5. The summed E-state index contributed by atoms with van der Waals surface area (Å²) in [4.78, 5) is 11.5. The normalized spacial score (nSPS) is 25.9. The van der Waals surface area contributed by atoms with Gasteiger partial charge in [-0.05, 0) is 53.4 Å². The molecule has 4 heterocycles. The second-order valence-electron chi connectivity index (χ2n) is 5.70. The number of nitrogens with zero attached hydrogens (tertiary/aromatic N) is 3. The van der Waals surface area contributed by atoms with Gasteiger partial charge in [0.25, 0.3) is 0 Å². The number of nitrogens with one attached hydrogen (secondary N) is 1. The molecule has 5 heteroatoms. The Morgan fingerprint density at radius 2 is 2.25 bits per heavy atom. The fourth-order valence-corrected chi connectivity index (χ4v) is 3.83. The smallest absolute Gasteiger partial charge is 0.112 e. The number of piperidine rings is 1. The van der Waals surface area contributed by atoms with Gasteiger partial charge in [0.2, 0.25) is 0 Å². The average Bonchev–Trinajstić information content (AvgIpc) is 2.93. The van der Waals surface area contributed by atoms with E-state index < -0.39 is 0 Å². The van der Waals surface area contributed by atoms with Crippen LogP contribution < -0.4 is 10.2 Å². The number of halogens is 1. The summed E-state index contributed by atoms with van der Waals surface area (Å²) in [5.41, 5.74) is 3.21. The molecule has 0 saturated carbocycles. The van der Waals surface area contributed by atoms with Crippen LogP contribution in [-0.2, 0) is 0 Å². The second kappa shape index (κ2) is 4.97. The minimum Gasteiger partial charge on any atom is -0.369 e. The topological polar surface area (TPSA) is 41.1 Å². The summed E-state index contributed by atoms with van der Waals surface area (Å²) in [6.45, 7) is 3.41. The van der Waals surface area contributed by atoms with Crippen molar-refractivity contribution in [3.05, 3.63) is 29.0 Å². The van der Waals surface area contributed by atoms with Crippen LogP contribution in [0.2, 0.25) is 0 Å². The molecular weight excluding hydrogens is 316 g/mol. The molecule has 0 aliphatic carbocycles. The molecule has 2 aromatic rings. The highest BCUT2D eigenvalue weighted by atomic mass is 79.9. The predicted octanol–water partition coefficient (Wildman–Crippen LogP) is 2.58. The van der Waals surface area contributed by atoms with Crippen molar-refractivity contribution in [3.8, 4) is 0 Å². The summed E-state index contributed by atoms with van der Waals surface area (Å²) in [6, 6.07) is 4.86. The Balaban J connectivity index is 1.71. The first-order valence-corrected chi connectivity index (χ1v) is 7.99. The van der Waals surface area contributed by atoms with E-state index in [1.165, 1.54) is 25.1 Å². The van der Waals surface area contributed by atoms with Gasteiger partial charge in [-0.2, -0.15) is 0 Å². The molecule has 0 bridgehead atoms. The van der Waals surface area contributed by atoms with Gasteiger partial charge in [-0.25, -0.2) is 0 Å². The average molecular weight is 333 g/mol. The summed E-state index contributed by atoms with van der Waals surface area (Å²) in [6.07, 6.45) is 6.27. The van der Waals surface area contributed by atoms with Crippen molar-refractivity contribution in [2.45, 2.75) is 18.9 Å². The minimum absolute atomic E-state index is 0.724. The molecule has 2 aromatic heterocycles. The van der Waals surface area contributed by atoms with E-state index in [0.717, 1.165) is 40.6 Å². The molecule has 0 amide bonds. The number of hydrogen-bond donors (Lipinski definition) is 1. The van der Waals surface area contributed by atoms with E-state index in [0.29, 0.717) is 0 Å². The Bertz CT molecular complexity index is 645. The van der Waals surface area contributed by atoms with Crippen LogP contribution in [0.4, 0.5) is 5.69 Å². The van der Waals surface area contributed by atoms with E-state index in [2.05, 4.69) is 42.2 Å². The van der Waals surface area contributed by atoms with Crippen molar-refractivity contribution in [1.29, 1.82) is 0 Å². The van der Waals surface area contributed by atoms with Crippen LogP contribution in [0, 0.1) is 5.92 Å². The van der Waals surface area contributed by atoms with Gasteiger partial charge >= 0.3 is 0 Å². The number of anilines is 1. The van der Waals surface area contributed by atoms with Crippen LogP contribution in [0.25, 0.3) is 11.0 Å². The van der Waals surface area contributed by atoms with Crippen LogP contribution >= 0.6 is 15.9 Å². The van der Waals surface area contributed by atoms with Gasteiger partial charge < -0.3 is 10.2 Å². The molecule has 104 valence electrons. The number of fused-ring (bicyclic) bond motifs is 2. The third-order valence-electron chi connectivity index (χ3n) is 4.52. The van der Waals surface area contributed by atoms with E-state index in [1.807, 2.05) is 18.5 Å². The van der Waals surface area contributed by atoms with Gasteiger partial charge in [-0.3, -0.25) is 9.97 Å². The molecular formula is C15H17BrN4. The van der Waals surface area contributed by atoms with E-state index in [-0.39, 0.29) is 0 Å². The van der Waals surface area contributed by atoms with Crippen molar-refractivity contribution in [2.24, 2.45) is 5.92 Å². The first kappa shape index (κ1) is 12.5. The molecule has 2 unspecified atom stereocenters. The summed E-state index contributed by atoms with van der Waals surface area (Å²) in [7, 11) is 0. The number of pyridine rings is 2. The number of aromatic nitrogens is 2. The largest absolute Gasteiger partial charge is 0.369 e. The predicted molar refractivity (Wildman–Crippen MR) is 84.0 cm³/mol. The summed E-state index contributed by atoms with van der Waals surface area (Å²) in [5.74, 6) is 0.780. The van der Waals surface area contributed by atoms with Crippen molar-refractivity contribution >= 4 is 32.7 Å². The van der Waals surface area contributed by atoms with E-state index in [1.54, 1.807) is 0 Å². The second-order valence-corrected chi connectivity index (χ2v) is 6.61. The first-order valence-electron chi connectivity index (χ1n) is 7.20. The van der Waals surface area contributed by atoms with E-state index in [4.69, 9.17) is 0 Å². The third kappa shape index (κ3) is 2.09. The lowest BCUT2D eigenvalue weighted by Crippen LogP contribution is -2.44. The van der Waals surface area contributed by atoms with Gasteiger partial charge in [-0.15, -0.1) is 0 Å². The highest BCUT2D eigenvalue weighted by molar-refractivity contribution is 9.10. The van der Waals surface area contributed by atoms with Gasteiger partial charge in [0.1, 0.15) is 5.52 Å². The maximum Gasteiger partial charge on any atom is 0.112 e. The van der Waals surface area contributed by atoms with Crippen LogP contribution in [0.1, 0.15) is 12.8 Å². The maximum absolute atomic E-state index is 4.57. The van der Waals surface area contributed by atoms with Crippen LogP contribution in [-0.4, -0.2) is 35.6 Å². The van der Waals surface area contributed by atoms with Crippen molar-refractivity contribution in [1.82, 2.24) is 15.3 Å². The lowest BCUT2D eigenvalue weighted by molar-refractivity contribution is 0.377. The van der Waals surface area contributed by atoms with Crippen molar-refractivity contribution < 1.29 is 0 Å². The fourth-order valence-electron chi connectivity index (χ4n) is 3.51. The lowest BCUT2D eigenvalue weighted by atomic mass is 9.93. The molecule has 2 saturated heterocycles. The number of hydrogen-bond acceptors (Lipinski definition) is 4. The molecule has 4 rings (SSSR count). The summed E-state index contributed by atoms with van der Waals surface area (Å²) >= 11 is 3.47. The fraction of sp³-hybridized carbons (Fsp3) is 0.467. The van der Waals surface area contributed by atoms with Gasteiger partial charge in [0.05, 0.1) is 11.2 Å². The maximum atomic E-state index is 4.57. The molecule has 2 atom stereocenters. The molecule has 0 spiro atoms. The zero-order valence-electron chi connectivity index (χ0n) is 11.2. The SMILES string of the molecule is Brc1cnc2c(N3CCC4NCCC4C3)ccnc2c1. The Hall–Kier alpha value is -1.20. The monoisotopic (exact) mass is 332 g/mol. The Morgan fingerprint density at radius 3 is 3.20 bits per heavy atom. The van der Waals surface area contributed by atoms with Crippen molar-refractivity contribution in [3.63, 3.8) is 0 Å². The molecule has 2 fully saturated rings. The Morgan fingerprint density at radius 1 is 1.30 bits per heavy atom. The first-order chi connectivity index (χ1) is 9.81. The van der Waals surface area contributed by atoms with Crippen LogP contribution in [0.3, 0.4) is 0 Å². The molecule has 1 N–H and O–H groups in total. The molecule has 0 radical (unpaired) electrons. The van der Waals surface area contributed by atoms with Crippen LogP contribution in [0.15, 0.2) is 29.0 Å². The summed E-state index contributed by atoms with van der Waals surface area (Å²) < 4.78 is 0.980.